The van der Waals surface area contributed by atoms with Gasteiger partial charge in [0.2, 0.25) is 10.0 Å². The zero-order chi connectivity index (χ0) is 11.6. The average molecular weight is 263 g/mol. The van der Waals surface area contributed by atoms with Crippen molar-refractivity contribution in [3.8, 4) is 0 Å². The minimum Gasteiger partial charge on any atom is -0.378 e. The van der Waals surface area contributed by atoms with Crippen molar-refractivity contribution < 1.29 is 13.2 Å². The lowest BCUT2D eigenvalue weighted by molar-refractivity contribution is 0.122. The highest BCUT2D eigenvalue weighted by molar-refractivity contribution is 7.88. The number of primary sulfonamides is 1. The summed E-state index contributed by atoms with van der Waals surface area (Å²) in [5.41, 5.74) is 0. The van der Waals surface area contributed by atoms with Crippen LogP contribution in [0.2, 0.25) is 0 Å². The van der Waals surface area contributed by atoms with E-state index in [0.29, 0.717) is 18.1 Å². The predicted octanol–water partition coefficient (Wildman–Crippen LogP) is -0.232. The Morgan fingerprint density at radius 3 is 2.81 bits per heavy atom. The molecular formula is C8H13N3O3S2. The summed E-state index contributed by atoms with van der Waals surface area (Å²) < 4.78 is 27.0. The number of hydrogen-bond acceptors (Lipinski definition) is 6. The minimum absolute atomic E-state index is 0.144. The van der Waals surface area contributed by atoms with E-state index in [1.165, 1.54) is 11.3 Å². The Kier molecular flexibility index (Phi) is 3.43. The second-order valence-corrected chi connectivity index (χ2v) is 6.22. The fourth-order valence-electron chi connectivity index (χ4n) is 1.46. The first-order valence-corrected chi connectivity index (χ1v) is 7.36. The van der Waals surface area contributed by atoms with Crippen LogP contribution in [0.4, 0.5) is 5.13 Å². The van der Waals surface area contributed by atoms with Crippen LogP contribution < -0.4 is 10.0 Å². The Morgan fingerprint density at radius 2 is 2.19 bits per heavy atom. The van der Waals surface area contributed by atoms with Crippen molar-refractivity contribution in [2.24, 2.45) is 5.14 Å². The molecule has 0 saturated carbocycles. The molecule has 8 heteroatoms. The summed E-state index contributed by atoms with van der Waals surface area (Å²) in [6.07, 6.45) is 1.57. The van der Waals surface area contributed by atoms with Crippen molar-refractivity contribution in [1.82, 2.24) is 4.98 Å². The molecule has 0 amide bonds. The molecule has 0 aromatic carbocycles. The van der Waals surface area contributed by atoms with Gasteiger partial charge in [-0.25, -0.2) is 18.5 Å². The molecule has 1 aromatic rings. The Bertz CT molecular complexity index is 451. The van der Waals surface area contributed by atoms with E-state index in [9.17, 15) is 8.42 Å². The second kappa shape index (κ2) is 4.66. The van der Waals surface area contributed by atoms with Gasteiger partial charge in [-0.05, 0) is 0 Å². The second-order valence-electron chi connectivity index (χ2n) is 3.52. The Hall–Kier alpha value is -0.700. The molecule has 0 spiro atoms. The lowest BCUT2D eigenvalue weighted by Crippen LogP contribution is -2.36. The van der Waals surface area contributed by atoms with E-state index in [1.807, 2.05) is 0 Å². The Labute approximate surface area is 98.1 Å². The number of aromatic nitrogens is 1. The van der Waals surface area contributed by atoms with E-state index in [2.05, 4.69) is 9.88 Å². The molecular weight excluding hydrogens is 250 g/mol. The van der Waals surface area contributed by atoms with Gasteiger partial charge in [0, 0.05) is 24.2 Å². The molecule has 6 nitrogen and oxygen atoms in total. The normalized spacial score (nSPS) is 17.7. The van der Waals surface area contributed by atoms with E-state index in [1.54, 1.807) is 6.20 Å². The van der Waals surface area contributed by atoms with E-state index < -0.39 is 10.0 Å². The van der Waals surface area contributed by atoms with Crippen molar-refractivity contribution in [3.05, 3.63) is 11.1 Å². The number of morpholine rings is 1. The smallest absolute Gasteiger partial charge is 0.214 e. The molecule has 0 bridgehead atoms. The molecule has 1 aromatic heterocycles. The van der Waals surface area contributed by atoms with Crippen LogP contribution in [-0.2, 0) is 20.5 Å². The summed E-state index contributed by atoms with van der Waals surface area (Å²) in [6.45, 7) is 2.96. The van der Waals surface area contributed by atoms with Crippen molar-refractivity contribution in [1.29, 1.82) is 0 Å². The van der Waals surface area contributed by atoms with Crippen LogP contribution in [0.1, 0.15) is 4.88 Å². The molecule has 1 aliphatic heterocycles. The summed E-state index contributed by atoms with van der Waals surface area (Å²) in [7, 11) is -3.47. The summed E-state index contributed by atoms with van der Waals surface area (Å²) >= 11 is 1.37. The molecule has 0 unspecified atom stereocenters. The average Bonchev–Trinajstić information content (AvgIpc) is 2.65. The first-order chi connectivity index (χ1) is 7.54. The SMILES string of the molecule is NS(=O)(=O)Cc1cnc(N2CCOCC2)s1. The van der Waals surface area contributed by atoms with E-state index in [0.717, 1.165) is 18.2 Å². The van der Waals surface area contributed by atoms with Gasteiger partial charge < -0.3 is 9.64 Å². The number of anilines is 1. The Morgan fingerprint density at radius 1 is 1.50 bits per heavy atom. The molecule has 1 saturated heterocycles. The van der Waals surface area contributed by atoms with Gasteiger partial charge in [-0.2, -0.15) is 0 Å². The van der Waals surface area contributed by atoms with Crippen molar-refractivity contribution in [2.45, 2.75) is 5.75 Å². The highest BCUT2D eigenvalue weighted by atomic mass is 32.2. The van der Waals surface area contributed by atoms with Gasteiger partial charge in [0.25, 0.3) is 0 Å². The maximum Gasteiger partial charge on any atom is 0.214 e. The van der Waals surface area contributed by atoms with Crippen LogP contribution in [0.5, 0.6) is 0 Å². The molecule has 1 aliphatic rings. The third-order valence-electron chi connectivity index (χ3n) is 2.17. The van der Waals surface area contributed by atoms with Crippen LogP contribution in [-0.4, -0.2) is 39.7 Å². The highest BCUT2D eigenvalue weighted by Gasteiger charge is 2.16. The lowest BCUT2D eigenvalue weighted by atomic mass is 10.5. The van der Waals surface area contributed by atoms with Crippen LogP contribution in [0.15, 0.2) is 6.20 Å². The number of rotatable bonds is 3. The van der Waals surface area contributed by atoms with Crippen molar-refractivity contribution >= 4 is 26.5 Å². The van der Waals surface area contributed by atoms with E-state index in [-0.39, 0.29) is 5.75 Å². The van der Waals surface area contributed by atoms with Crippen molar-refractivity contribution in [2.75, 3.05) is 31.2 Å². The van der Waals surface area contributed by atoms with E-state index in [4.69, 9.17) is 9.88 Å². The molecule has 0 radical (unpaired) electrons. The standard InChI is InChI=1S/C8H13N3O3S2/c9-16(12,13)6-7-5-10-8(15-7)11-1-3-14-4-2-11/h5H,1-4,6H2,(H2,9,12,13). The molecule has 1 fully saturated rings. The summed E-state index contributed by atoms with van der Waals surface area (Å²) in [5, 5.41) is 5.81. The molecule has 0 atom stereocenters. The molecule has 2 heterocycles. The van der Waals surface area contributed by atoms with Crippen LogP contribution in [0.3, 0.4) is 0 Å². The molecule has 90 valence electrons. The fourth-order valence-corrected chi connectivity index (χ4v) is 3.42. The minimum atomic E-state index is -3.47. The molecule has 0 aliphatic carbocycles. The van der Waals surface area contributed by atoms with Gasteiger partial charge in [-0.3, -0.25) is 0 Å². The third-order valence-corrected chi connectivity index (χ3v) is 4.12. The molecule has 16 heavy (non-hydrogen) atoms. The zero-order valence-corrected chi connectivity index (χ0v) is 10.3. The Balaban J connectivity index is 2.06. The molecule has 2 N–H and O–H groups in total. The van der Waals surface area contributed by atoms with Gasteiger partial charge in [-0.1, -0.05) is 0 Å². The van der Waals surface area contributed by atoms with E-state index >= 15 is 0 Å². The van der Waals surface area contributed by atoms with Crippen LogP contribution in [0, 0.1) is 0 Å². The van der Waals surface area contributed by atoms with Gasteiger partial charge in [0.1, 0.15) is 5.75 Å². The quantitative estimate of drug-likeness (QED) is 0.814. The predicted molar refractivity (Wildman–Crippen MR) is 62.0 cm³/mol. The zero-order valence-electron chi connectivity index (χ0n) is 8.63. The van der Waals surface area contributed by atoms with Gasteiger partial charge in [0.05, 0.1) is 13.2 Å². The largest absolute Gasteiger partial charge is 0.378 e. The first-order valence-electron chi connectivity index (χ1n) is 4.82. The van der Waals surface area contributed by atoms with Gasteiger partial charge >= 0.3 is 0 Å². The summed E-state index contributed by atoms with van der Waals surface area (Å²) in [6, 6.07) is 0. The number of thiazole rings is 1. The van der Waals surface area contributed by atoms with Crippen LogP contribution >= 0.6 is 11.3 Å². The number of hydrogen-bond donors (Lipinski definition) is 1. The lowest BCUT2D eigenvalue weighted by Gasteiger charge is -2.25. The third kappa shape index (κ3) is 3.14. The number of nitrogens with zero attached hydrogens (tertiary/aromatic N) is 2. The number of nitrogens with two attached hydrogens (primary N) is 1. The summed E-state index contributed by atoms with van der Waals surface area (Å²) in [5.74, 6) is -0.144. The number of sulfonamides is 1. The summed E-state index contributed by atoms with van der Waals surface area (Å²) in [4.78, 5) is 6.95. The maximum absolute atomic E-state index is 10.9. The van der Waals surface area contributed by atoms with Crippen LogP contribution in [0.25, 0.3) is 0 Å². The topological polar surface area (TPSA) is 85.5 Å². The first kappa shape index (κ1) is 11.8. The highest BCUT2D eigenvalue weighted by Crippen LogP contribution is 2.24. The maximum atomic E-state index is 10.9. The monoisotopic (exact) mass is 263 g/mol. The van der Waals surface area contributed by atoms with Gasteiger partial charge in [-0.15, -0.1) is 11.3 Å². The number of ether oxygens (including phenoxy) is 1. The molecule has 2 rings (SSSR count). The van der Waals surface area contributed by atoms with Gasteiger partial charge in [0.15, 0.2) is 5.13 Å². The fraction of sp³-hybridized carbons (Fsp3) is 0.625. The van der Waals surface area contributed by atoms with Crippen molar-refractivity contribution in [3.63, 3.8) is 0 Å².